The van der Waals surface area contributed by atoms with Crippen LogP contribution in [-0.2, 0) is 5.88 Å². The van der Waals surface area contributed by atoms with Gasteiger partial charge < -0.3 is 0 Å². The van der Waals surface area contributed by atoms with Gasteiger partial charge in [0.2, 0.25) is 0 Å². The number of aromatic nitrogens is 2. The van der Waals surface area contributed by atoms with Crippen LogP contribution in [0.2, 0.25) is 0 Å². The first-order valence-corrected chi connectivity index (χ1v) is 6.63. The van der Waals surface area contributed by atoms with Gasteiger partial charge in [0.15, 0.2) is 11.6 Å². The number of aryl methyl sites for hydroxylation is 1. The molecular weight excluding hydrogens is 282 g/mol. The Morgan fingerprint density at radius 3 is 2.75 bits per heavy atom. The van der Waals surface area contributed by atoms with E-state index in [1.807, 2.05) is 25.1 Å². The lowest BCUT2D eigenvalue weighted by Crippen LogP contribution is -2.03. The highest BCUT2D eigenvalue weighted by Crippen LogP contribution is 2.26. The minimum absolute atomic E-state index is 0.115. The molecule has 0 N–H and O–H groups in total. The molecule has 0 aliphatic rings. The number of benzene rings is 2. The Kier molecular flexibility index (Phi) is 3.18. The molecule has 0 unspecified atom stereocenters. The fourth-order valence-corrected chi connectivity index (χ4v) is 2.44. The Morgan fingerprint density at radius 2 is 2.00 bits per heavy atom. The molecule has 102 valence electrons. The lowest BCUT2D eigenvalue weighted by Gasteiger charge is -2.09. The number of alkyl halides is 1. The smallest absolute Gasteiger partial charge is 0.182 e. The highest BCUT2D eigenvalue weighted by atomic mass is 35.5. The fraction of sp³-hybridized carbons (Fsp3) is 0.133. The third-order valence-corrected chi connectivity index (χ3v) is 3.41. The first kappa shape index (κ1) is 13.1. The van der Waals surface area contributed by atoms with Gasteiger partial charge in [0.25, 0.3) is 0 Å². The second-order valence-electron chi connectivity index (χ2n) is 4.56. The molecule has 0 atom stereocenters. The Hall–Kier alpha value is -1.94. The predicted octanol–water partition coefficient (Wildman–Crippen LogP) is 4.35. The standard InChI is InChI=1S/C15H11ClF2N2/c1-9-5-6-11-13(7-9)20(14(8-16)19-11)12-4-2-3-10(17)15(12)18/h2-7H,8H2,1H3. The molecule has 2 nitrogen and oxygen atoms in total. The number of imidazole rings is 1. The van der Waals surface area contributed by atoms with Crippen LogP contribution in [0.15, 0.2) is 36.4 Å². The van der Waals surface area contributed by atoms with Crippen LogP contribution in [0.4, 0.5) is 8.78 Å². The summed E-state index contributed by atoms with van der Waals surface area (Å²) >= 11 is 5.89. The number of rotatable bonds is 2. The van der Waals surface area contributed by atoms with Gasteiger partial charge in [-0.15, -0.1) is 11.6 Å². The van der Waals surface area contributed by atoms with Crippen molar-refractivity contribution >= 4 is 22.6 Å². The molecule has 20 heavy (non-hydrogen) atoms. The molecule has 3 rings (SSSR count). The molecular formula is C15H11ClF2N2. The minimum atomic E-state index is -0.903. The van der Waals surface area contributed by atoms with Gasteiger partial charge in [0.05, 0.1) is 22.6 Å². The van der Waals surface area contributed by atoms with E-state index in [-0.39, 0.29) is 11.6 Å². The van der Waals surface area contributed by atoms with Crippen LogP contribution in [0, 0.1) is 18.6 Å². The van der Waals surface area contributed by atoms with E-state index in [0.717, 1.165) is 11.6 Å². The summed E-state index contributed by atoms with van der Waals surface area (Å²) in [5, 5.41) is 0. The zero-order valence-electron chi connectivity index (χ0n) is 10.7. The van der Waals surface area contributed by atoms with Gasteiger partial charge in [-0.05, 0) is 36.8 Å². The summed E-state index contributed by atoms with van der Waals surface area (Å²) in [6.07, 6.45) is 0. The average Bonchev–Trinajstić information content (AvgIpc) is 2.79. The maximum atomic E-state index is 14.0. The van der Waals surface area contributed by atoms with Crippen LogP contribution in [0.3, 0.4) is 0 Å². The molecule has 0 aliphatic carbocycles. The van der Waals surface area contributed by atoms with Gasteiger partial charge in [0.1, 0.15) is 5.82 Å². The van der Waals surface area contributed by atoms with E-state index in [9.17, 15) is 8.78 Å². The first-order chi connectivity index (χ1) is 9.61. The van der Waals surface area contributed by atoms with Crippen molar-refractivity contribution < 1.29 is 8.78 Å². The second-order valence-corrected chi connectivity index (χ2v) is 4.83. The topological polar surface area (TPSA) is 17.8 Å². The second kappa shape index (κ2) is 4.87. The number of hydrogen-bond donors (Lipinski definition) is 0. The van der Waals surface area contributed by atoms with Crippen LogP contribution >= 0.6 is 11.6 Å². The number of halogens is 3. The average molecular weight is 293 g/mol. The van der Waals surface area contributed by atoms with Crippen LogP contribution in [0.25, 0.3) is 16.7 Å². The zero-order valence-corrected chi connectivity index (χ0v) is 11.5. The molecule has 0 amide bonds. The van der Waals surface area contributed by atoms with Crippen molar-refractivity contribution in [2.24, 2.45) is 0 Å². The summed E-state index contributed by atoms with van der Waals surface area (Å²) in [7, 11) is 0. The van der Waals surface area contributed by atoms with E-state index in [4.69, 9.17) is 11.6 Å². The number of nitrogens with zero attached hydrogens (tertiary/aromatic N) is 2. The fourth-order valence-electron chi connectivity index (χ4n) is 2.26. The van der Waals surface area contributed by atoms with Gasteiger partial charge in [-0.2, -0.15) is 0 Å². The van der Waals surface area contributed by atoms with Crippen molar-refractivity contribution in [3.8, 4) is 5.69 Å². The van der Waals surface area contributed by atoms with Gasteiger partial charge >= 0.3 is 0 Å². The summed E-state index contributed by atoms with van der Waals surface area (Å²) in [5.41, 5.74) is 2.55. The van der Waals surface area contributed by atoms with Crippen LogP contribution in [0.5, 0.6) is 0 Å². The Labute approximate surface area is 119 Å². The van der Waals surface area contributed by atoms with Crippen molar-refractivity contribution in [3.63, 3.8) is 0 Å². The normalized spacial score (nSPS) is 11.2. The molecule has 3 aromatic rings. The number of fused-ring (bicyclic) bond motifs is 1. The molecule has 1 aromatic heterocycles. The van der Waals surface area contributed by atoms with Crippen molar-refractivity contribution in [1.82, 2.24) is 9.55 Å². The molecule has 0 fully saturated rings. The highest BCUT2D eigenvalue weighted by molar-refractivity contribution is 6.17. The van der Waals surface area contributed by atoms with Gasteiger partial charge in [-0.1, -0.05) is 12.1 Å². The van der Waals surface area contributed by atoms with Crippen molar-refractivity contribution in [1.29, 1.82) is 0 Å². The summed E-state index contributed by atoms with van der Waals surface area (Å²) in [6.45, 7) is 1.93. The molecule has 1 heterocycles. The molecule has 0 aliphatic heterocycles. The van der Waals surface area contributed by atoms with Crippen LogP contribution < -0.4 is 0 Å². The van der Waals surface area contributed by atoms with Crippen LogP contribution in [-0.4, -0.2) is 9.55 Å². The van der Waals surface area contributed by atoms with E-state index < -0.39 is 11.6 Å². The van der Waals surface area contributed by atoms with E-state index in [0.29, 0.717) is 16.9 Å². The molecule has 0 saturated heterocycles. The predicted molar refractivity (Wildman–Crippen MR) is 75.3 cm³/mol. The third-order valence-electron chi connectivity index (χ3n) is 3.17. The summed E-state index contributed by atoms with van der Waals surface area (Å²) in [4.78, 5) is 4.36. The Bertz CT molecular complexity index is 796. The molecule has 0 radical (unpaired) electrons. The molecule has 0 saturated carbocycles. The van der Waals surface area contributed by atoms with Crippen LogP contribution in [0.1, 0.15) is 11.4 Å². The minimum Gasteiger partial charge on any atom is -0.292 e. The van der Waals surface area contributed by atoms with E-state index in [1.54, 1.807) is 4.57 Å². The monoisotopic (exact) mass is 292 g/mol. The highest BCUT2D eigenvalue weighted by Gasteiger charge is 2.16. The molecule has 0 spiro atoms. The summed E-state index contributed by atoms with van der Waals surface area (Å²) in [6, 6.07) is 9.70. The SMILES string of the molecule is Cc1ccc2nc(CCl)n(-c3cccc(F)c3F)c2c1. The zero-order chi connectivity index (χ0) is 14.3. The Balaban J connectivity index is 2.39. The quantitative estimate of drug-likeness (QED) is 0.642. The van der Waals surface area contributed by atoms with E-state index in [2.05, 4.69) is 4.98 Å². The van der Waals surface area contributed by atoms with Crippen molar-refractivity contribution in [3.05, 3.63) is 59.4 Å². The van der Waals surface area contributed by atoms with Crippen molar-refractivity contribution in [2.45, 2.75) is 12.8 Å². The molecule has 5 heteroatoms. The van der Waals surface area contributed by atoms with E-state index >= 15 is 0 Å². The van der Waals surface area contributed by atoms with Crippen molar-refractivity contribution in [2.75, 3.05) is 0 Å². The summed E-state index contributed by atoms with van der Waals surface area (Å²) in [5.74, 6) is -1.20. The lowest BCUT2D eigenvalue weighted by atomic mass is 10.2. The molecule has 2 aromatic carbocycles. The van der Waals surface area contributed by atoms with Gasteiger partial charge in [0, 0.05) is 0 Å². The number of hydrogen-bond acceptors (Lipinski definition) is 1. The Morgan fingerprint density at radius 1 is 1.20 bits per heavy atom. The van der Waals surface area contributed by atoms with E-state index in [1.165, 1.54) is 12.1 Å². The summed E-state index contributed by atoms with van der Waals surface area (Å²) < 4.78 is 29.1. The largest absolute Gasteiger partial charge is 0.292 e. The lowest BCUT2D eigenvalue weighted by molar-refractivity contribution is 0.504. The molecule has 0 bridgehead atoms. The first-order valence-electron chi connectivity index (χ1n) is 6.10. The maximum Gasteiger partial charge on any atom is 0.182 e. The maximum absolute atomic E-state index is 14.0. The third kappa shape index (κ3) is 1.96. The van der Waals surface area contributed by atoms with Gasteiger partial charge in [-0.3, -0.25) is 4.57 Å². The van der Waals surface area contributed by atoms with Gasteiger partial charge in [-0.25, -0.2) is 13.8 Å².